The van der Waals surface area contributed by atoms with Crippen LogP contribution in [0.4, 0.5) is 11.4 Å². The molecular weight excluding hydrogens is 236 g/mol. The second-order valence-corrected chi connectivity index (χ2v) is 5.44. The number of benzene rings is 1. The van der Waals surface area contributed by atoms with E-state index in [1.165, 1.54) is 38.5 Å². The zero-order chi connectivity index (χ0) is 13.5. The minimum Gasteiger partial charge on any atom is -0.494 e. The molecule has 0 bridgehead atoms. The standard InChI is InChI=1S/C16H26N2O/c1-2-19-16-11-14(17)10-15(12-16)18-9-5-8-13-6-3-4-7-13/h10-13,18H,2-9,17H2,1H3. The highest BCUT2D eigenvalue weighted by Gasteiger charge is 2.13. The van der Waals surface area contributed by atoms with Gasteiger partial charge < -0.3 is 15.8 Å². The summed E-state index contributed by atoms with van der Waals surface area (Å²) in [5.41, 5.74) is 7.69. The van der Waals surface area contributed by atoms with Crippen LogP contribution in [0, 0.1) is 5.92 Å². The monoisotopic (exact) mass is 262 g/mol. The summed E-state index contributed by atoms with van der Waals surface area (Å²) in [6.07, 6.45) is 8.34. The van der Waals surface area contributed by atoms with Gasteiger partial charge >= 0.3 is 0 Å². The van der Waals surface area contributed by atoms with E-state index in [1.54, 1.807) is 0 Å². The van der Waals surface area contributed by atoms with Crippen molar-refractivity contribution >= 4 is 11.4 Å². The number of ether oxygens (including phenoxy) is 1. The molecule has 1 fully saturated rings. The first-order valence-electron chi connectivity index (χ1n) is 7.55. The second kappa shape index (κ2) is 7.27. The molecule has 1 saturated carbocycles. The van der Waals surface area contributed by atoms with Gasteiger partial charge in [-0.2, -0.15) is 0 Å². The topological polar surface area (TPSA) is 47.3 Å². The van der Waals surface area contributed by atoms with Crippen LogP contribution in [0.2, 0.25) is 0 Å². The summed E-state index contributed by atoms with van der Waals surface area (Å²) in [4.78, 5) is 0. The molecule has 2 rings (SSSR count). The molecule has 0 heterocycles. The molecule has 1 aromatic rings. The highest BCUT2D eigenvalue weighted by atomic mass is 16.5. The van der Waals surface area contributed by atoms with Crippen molar-refractivity contribution in [3.05, 3.63) is 18.2 Å². The van der Waals surface area contributed by atoms with E-state index >= 15 is 0 Å². The van der Waals surface area contributed by atoms with E-state index in [1.807, 2.05) is 25.1 Å². The largest absolute Gasteiger partial charge is 0.494 e. The van der Waals surface area contributed by atoms with Gasteiger partial charge in [0.25, 0.3) is 0 Å². The lowest BCUT2D eigenvalue weighted by atomic mass is 10.0. The minimum absolute atomic E-state index is 0.671. The van der Waals surface area contributed by atoms with Gasteiger partial charge in [-0.05, 0) is 31.7 Å². The van der Waals surface area contributed by atoms with Crippen molar-refractivity contribution in [2.45, 2.75) is 45.4 Å². The molecule has 0 saturated heterocycles. The Morgan fingerprint density at radius 2 is 2.05 bits per heavy atom. The van der Waals surface area contributed by atoms with Crippen LogP contribution in [-0.4, -0.2) is 13.2 Å². The first-order chi connectivity index (χ1) is 9.28. The zero-order valence-electron chi connectivity index (χ0n) is 12.0. The van der Waals surface area contributed by atoms with Gasteiger partial charge in [-0.15, -0.1) is 0 Å². The fourth-order valence-corrected chi connectivity index (χ4v) is 2.90. The van der Waals surface area contributed by atoms with Crippen molar-refractivity contribution in [1.29, 1.82) is 0 Å². The average molecular weight is 262 g/mol. The Bertz CT molecular complexity index is 386. The van der Waals surface area contributed by atoms with Crippen molar-refractivity contribution in [3.63, 3.8) is 0 Å². The normalized spacial score (nSPS) is 15.6. The Morgan fingerprint density at radius 1 is 1.26 bits per heavy atom. The molecule has 0 aromatic heterocycles. The molecule has 3 nitrogen and oxygen atoms in total. The SMILES string of the molecule is CCOc1cc(N)cc(NCCCC2CCCC2)c1. The Balaban J connectivity index is 1.75. The molecule has 19 heavy (non-hydrogen) atoms. The van der Waals surface area contributed by atoms with E-state index in [9.17, 15) is 0 Å². The first-order valence-corrected chi connectivity index (χ1v) is 7.55. The van der Waals surface area contributed by atoms with Crippen LogP contribution >= 0.6 is 0 Å². The van der Waals surface area contributed by atoms with Gasteiger partial charge in [0.1, 0.15) is 5.75 Å². The van der Waals surface area contributed by atoms with Crippen molar-refractivity contribution in [2.75, 3.05) is 24.2 Å². The molecule has 0 radical (unpaired) electrons. The molecule has 0 spiro atoms. The molecule has 0 atom stereocenters. The van der Waals surface area contributed by atoms with E-state index in [0.717, 1.165) is 29.6 Å². The number of nitrogens with one attached hydrogen (secondary N) is 1. The van der Waals surface area contributed by atoms with Crippen LogP contribution in [0.3, 0.4) is 0 Å². The van der Waals surface area contributed by atoms with Crippen molar-refractivity contribution in [3.8, 4) is 5.75 Å². The summed E-state index contributed by atoms with van der Waals surface area (Å²) >= 11 is 0. The van der Waals surface area contributed by atoms with E-state index in [2.05, 4.69) is 5.32 Å². The molecule has 1 aliphatic rings. The summed E-state index contributed by atoms with van der Waals surface area (Å²) in [6.45, 7) is 3.67. The number of anilines is 2. The van der Waals surface area contributed by atoms with Gasteiger partial charge in [0.05, 0.1) is 6.61 Å². The van der Waals surface area contributed by atoms with Crippen molar-refractivity contribution in [1.82, 2.24) is 0 Å². The van der Waals surface area contributed by atoms with Crippen LogP contribution in [0.5, 0.6) is 5.75 Å². The predicted octanol–water partition coefficient (Wildman–Crippen LogP) is 4.05. The maximum Gasteiger partial charge on any atom is 0.123 e. The number of nitrogen functional groups attached to an aromatic ring is 1. The number of rotatable bonds is 7. The molecule has 1 aliphatic carbocycles. The third-order valence-electron chi connectivity index (χ3n) is 3.83. The van der Waals surface area contributed by atoms with Gasteiger partial charge in [0.15, 0.2) is 0 Å². The summed E-state index contributed by atoms with van der Waals surface area (Å²) in [5, 5.41) is 3.45. The summed E-state index contributed by atoms with van der Waals surface area (Å²) in [6, 6.07) is 5.86. The van der Waals surface area contributed by atoms with E-state index < -0.39 is 0 Å². The number of hydrogen-bond acceptors (Lipinski definition) is 3. The van der Waals surface area contributed by atoms with Crippen LogP contribution < -0.4 is 15.8 Å². The number of nitrogens with two attached hydrogens (primary N) is 1. The third-order valence-corrected chi connectivity index (χ3v) is 3.83. The van der Waals surface area contributed by atoms with E-state index in [0.29, 0.717) is 6.61 Å². The molecule has 3 heteroatoms. The second-order valence-electron chi connectivity index (χ2n) is 5.44. The molecule has 3 N–H and O–H groups in total. The summed E-state index contributed by atoms with van der Waals surface area (Å²) in [7, 11) is 0. The van der Waals surface area contributed by atoms with Crippen LogP contribution in [0.25, 0.3) is 0 Å². The van der Waals surface area contributed by atoms with Gasteiger partial charge in [-0.3, -0.25) is 0 Å². The number of hydrogen-bond donors (Lipinski definition) is 2. The predicted molar refractivity (Wildman–Crippen MR) is 81.7 cm³/mol. The lowest BCUT2D eigenvalue weighted by Gasteiger charge is -2.12. The molecule has 0 unspecified atom stereocenters. The van der Waals surface area contributed by atoms with Gasteiger partial charge in [0.2, 0.25) is 0 Å². The summed E-state index contributed by atoms with van der Waals surface area (Å²) in [5.74, 6) is 1.82. The fourth-order valence-electron chi connectivity index (χ4n) is 2.90. The zero-order valence-corrected chi connectivity index (χ0v) is 12.0. The molecule has 0 amide bonds. The highest BCUT2D eigenvalue weighted by Crippen LogP contribution is 2.28. The Hall–Kier alpha value is -1.38. The van der Waals surface area contributed by atoms with Gasteiger partial charge in [0, 0.05) is 30.1 Å². The molecular formula is C16H26N2O. The van der Waals surface area contributed by atoms with Gasteiger partial charge in [-0.25, -0.2) is 0 Å². The van der Waals surface area contributed by atoms with Crippen LogP contribution in [-0.2, 0) is 0 Å². The summed E-state index contributed by atoms with van der Waals surface area (Å²) < 4.78 is 5.49. The van der Waals surface area contributed by atoms with Crippen molar-refractivity contribution in [2.24, 2.45) is 5.92 Å². The lowest BCUT2D eigenvalue weighted by molar-refractivity contribution is 0.340. The Kier molecular flexibility index (Phi) is 5.37. The van der Waals surface area contributed by atoms with Crippen LogP contribution in [0.1, 0.15) is 45.4 Å². The van der Waals surface area contributed by atoms with Crippen LogP contribution in [0.15, 0.2) is 18.2 Å². The maximum atomic E-state index is 5.87. The van der Waals surface area contributed by atoms with Gasteiger partial charge in [-0.1, -0.05) is 25.7 Å². The van der Waals surface area contributed by atoms with E-state index in [-0.39, 0.29) is 0 Å². The maximum absolute atomic E-state index is 5.87. The Labute approximate surface area is 116 Å². The van der Waals surface area contributed by atoms with E-state index in [4.69, 9.17) is 10.5 Å². The quantitative estimate of drug-likeness (QED) is 0.575. The fraction of sp³-hybridized carbons (Fsp3) is 0.625. The first kappa shape index (κ1) is 14.0. The van der Waals surface area contributed by atoms with Crippen molar-refractivity contribution < 1.29 is 4.74 Å². The molecule has 0 aliphatic heterocycles. The molecule has 106 valence electrons. The molecule has 1 aromatic carbocycles. The lowest BCUT2D eigenvalue weighted by Crippen LogP contribution is -2.05. The minimum atomic E-state index is 0.671. The highest BCUT2D eigenvalue weighted by molar-refractivity contribution is 5.59. The smallest absolute Gasteiger partial charge is 0.123 e. The average Bonchev–Trinajstić information content (AvgIpc) is 2.87. The Morgan fingerprint density at radius 3 is 2.79 bits per heavy atom. The third kappa shape index (κ3) is 4.66.